The van der Waals surface area contributed by atoms with Crippen LogP contribution in [0.4, 0.5) is 0 Å². The summed E-state index contributed by atoms with van der Waals surface area (Å²) in [4.78, 5) is 0. The largest absolute Gasteiger partial charge is 0.497 e. The van der Waals surface area contributed by atoms with E-state index >= 15 is 0 Å². The fraction of sp³-hybridized carbons (Fsp3) is 0.455. The molecule has 1 heteroatoms. The van der Waals surface area contributed by atoms with Gasteiger partial charge in [0, 0.05) is 0 Å². The molecule has 1 aliphatic carbocycles. The highest BCUT2D eigenvalue weighted by atomic mass is 16.5. The zero-order valence-corrected chi connectivity index (χ0v) is 7.68. The van der Waals surface area contributed by atoms with Crippen LogP contribution in [0.15, 0.2) is 12.1 Å². The molecule has 0 amide bonds. The number of rotatable bonds is 1. The molecule has 1 aromatic carbocycles. The highest BCUT2D eigenvalue weighted by Crippen LogP contribution is 2.29. The van der Waals surface area contributed by atoms with Crippen LogP contribution in [0.1, 0.15) is 23.1 Å². The number of hydrogen-bond donors (Lipinski definition) is 0. The molecule has 0 aromatic heterocycles. The summed E-state index contributed by atoms with van der Waals surface area (Å²) in [7, 11) is 1.73. The van der Waals surface area contributed by atoms with Gasteiger partial charge in [-0.1, -0.05) is 0 Å². The Balaban J connectivity index is 2.51. The van der Waals surface area contributed by atoms with Crippen LogP contribution in [-0.4, -0.2) is 7.11 Å². The van der Waals surface area contributed by atoms with Gasteiger partial charge in [0.1, 0.15) is 5.75 Å². The Morgan fingerprint density at radius 3 is 2.83 bits per heavy atom. The van der Waals surface area contributed by atoms with Crippen LogP contribution in [-0.2, 0) is 12.8 Å². The van der Waals surface area contributed by atoms with Gasteiger partial charge in [-0.3, -0.25) is 0 Å². The van der Waals surface area contributed by atoms with Crippen LogP contribution in [0.25, 0.3) is 0 Å². The Labute approximate surface area is 73.4 Å². The smallest absolute Gasteiger partial charge is 0.119 e. The molecule has 12 heavy (non-hydrogen) atoms. The molecule has 0 saturated carbocycles. The number of hydrogen-bond acceptors (Lipinski definition) is 1. The molecular formula is C11H14O. The number of aryl methyl sites for hydroxylation is 2. The summed E-state index contributed by atoms with van der Waals surface area (Å²) >= 11 is 0. The van der Waals surface area contributed by atoms with E-state index in [0.717, 1.165) is 5.75 Å². The summed E-state index contributed by atoms with van der Waals surface area (Å²) in [6.07, 6.45) is 3.79. The van der Waals surface area contributed by atoms with E-state index in [2.05, 4.69) is 19.1 Å². The first-order valence-corrected chi connectivity index (χ1v) is 4.47. The molecule has 2 rings (SSSR count). The molecule has 0 unspecified atom stereocenters. The first-order chi connectivity index (χ1) is 5.81. The van der Waals surface area contributed by atoms with Crippen molar-refractivity contribution in [3.05, 3.63) is 28.8 Å². The third-order valence-corrected chi connectivity index (χ3v) is 2.65. The molecule has 0 atom stereocenters. The van der Waals surface area contributed by atoms with Crippen LogP contribution in [0.5, 0.6) is 5.75 Å². The SMILES string of the molecule is COc1cc(C)c2c(c1)CCC2. The Bertz CT molecular complexity index is 302. The molecule has 1 nitrogen and oxygen atoms in total. The lowest BCUT2D eigenvalue weighted by Gasteiger charge is -2.06. The Kier molecular flexibility index (Phi) is 1.80. The van der Waals surface area contributed by atoms with E-state index in [1.165, 1.54) is 30.4 Å². The Morgan fingerprint density at radius 2 is 2.08 bits per heavy atom. The maximum atomic E-state index is 5.22. The van der Waals surface area contributed by atoms with Crippen LogP contribution >= 0.6 is 0 Å². The van der Waals surface area contributed by atoms with Gasteiger partial charge in [0.15, 0.2) is 0 Å². The fourth-order valence-corrected chi connectivity index (χ4v) is 2.01. The van der Waals surface area contributed by atoms with E-state index in [9.17, 15) is 0 Å². The number of ether oxygens (including phenoxy) is 1. The molecule has 0 N–H and O–H groups in total. The van der Waals surface area contributed by atoms with Gasteiger partial charge >= 0.3 is 0 Å². The second kappa shape index (κ2) is 2.81. The summed E-state index contributed by atoms with van der Waals surface area (Å²) in [6, 6.07) is 4.31. The van der Waals surface area contributed by atoms with Crippen molar-refractivity contribution in [3.8, 4) is 5.75 Å². The topological polar surface area (TPSA) is 9.23 Å². The lowest BCUT2D eigenvalue weighted by Crippen LogP contribution is -1.90. The fourth-order valence-electron chi connectivity index (χ4n) is 2.01. The van der Waals surface area contributed by atoms with Gasteiger partial charge in [-0.05, 0) is 55.0 Å². The molecule has 1 aromatic rings. The van der Waals surface area contributed by atoms with Gasteiger partial charge in [0.2, 0.25) is 0 Å². The molecule has 0 aliphatic heterocycles. The molecule has 0 bridgehead atoms. The quantitative estimate of drug-likeness (QED) is 0.616. The first-order valence-electron chi connectivity index (χ1n) is 4.47. The molecule has 0 heterocycles. The maximum absolute atomic E-state index is 5.22. The van der Waals surface area contributed by atoms with Crippen molar-refractivity contribution in [1.82, 2.24) is 0 Å². The first kappa shape index (κ1) is 7.66. The van der Waals surface area contributed by atoms with Crippen molar-refractivity contribution in [3.63, 3.8) is 0 Å². The molecule has 0 radical (unpaired) electrons. The van der Waals surface area contributed by atoms with Gasteiger partial charge in [-0.2, -0.15) is 0 Å². The standard InChI is InChI=1S/C11H14O/c1-8-6-10(12-2)7-9-4-3-5-11(8)9/h6-7H,3-5H2,1-2H3. The summed E-state index contributed by atoms with van der Waals surface area (Å²) < 4.78 is 5.22. The second-order valence-electron chi connectivity index (χ2n) is 3.44. The average Bonchev–Trinajstić information content (AvgIpc) is 2.52. The minimum Gasteiger partial charge on any atom is -0.497 e. The highest BCUT2D eigenvalue weighted by molar-refractivity contribution is 5.43. The van der Waals surface area contributed by atoms with E-state index in [1.54, 1.807) is 12.7 Å². The zero-order chi connectivity index (χ0) is 8.55. The van der Waals surface area contributed by atoms with Gasteiger partial charge in [-0.25, -0.2) is 0 Å². The van der Waals surface area contributed by atoms with Gasteiger partial charge < -0.3 is 4.74 Å². The third kappa shape index (κ3) is 1.09. The third-order valence-electron chi connectivity index (χ3n) is 2.65. The number of fused-ring (bicyclic) bond motifs is 1. The minimum absolute atomic E-state index is 1.01. The monoisotopic (exact) mass is 162 g/mol. The minimum atomic E-state index is 1.01. The predicted octanol–water partition coefficient (Wildman–Crippen LogP) is 2.49. The van der Waals surface area contributed by atoms with Crippen molar-refractivity contribution in [2.45, 2.75) is 26.2 Å². The van der Waals surface area contributed by atoms with E-state index in [1.807, 2.05) is 0 Å². The average molecular weight is 162 g/mol. The lowest BCUT2D eigenvalue weighted by molar-refractivity contribution is 0.414. The zero-order valence-electron chi connectivity index (χ0n) is 7.68. The predicted molar refractivity (Wildman–Crippen MR) is 49.8 cm³/mol. The molecule has 0 fully saturated rings. The molecular weight excluding hydrogens is 148 g/mol. The second-order valence-corrected chi connectivity index (χ2v) is 3.44. The van der Waals surface area contributed by atoms with Gasteiger partial charge in [0.05, 0.1) is 7.11 Å². The van der Waals surface area contributed by atoms with E-state index < -0.39 is 0 Å². The Morgan fingerprint density at radius 1 is 1.25 bits per heavy atom. The van der Waals surface area contributed by atoms with Crippen molar-refractivity contribution in [2.24, 2.45) is 0 Å². The van der Waals surface area contributed by atoms with Crippen LogP contribution in [0.2, 0.25) is 0 Å². The van der Waals surface area contributed by atoms with Crippen molar-refractivity contribution < 1.29 is 4.74 Å². The lowest BCUT2D eigenvalue weighted by atomic mass is 10.0. The summed E-state index contributed by atoms with van der Waals surface area (Å²) in [5.74, 6) is 1.01. The van der Waals surface area contributed by atoms with Gasteiger partial charge in [0.25, 0.3) is 0 Å². The van der Waals surface area contributed by atoms with E-state index in [0.29, 0.717) is 0 Å². The molecule has 64 valence electrons. The van der Waals surface area contributed by atoms with Gasteiger partial charge in [-0.15, -0.1) is 0 Å². The number of benzene rings is 1. The van der Waals surface area contributed by atoms with Crippen molar-refractivity contribution in [1.29, 1.82) is 0 Å². The van der Waals surface area contributed by atoms with Crippen molar-refractivity contribution in [2.75, 3.05) is 7.11 Å². The summed E-state index contributed by atoms with van der Waals surface area (Å²) in [5, 5.41) is 0. The molecule has 0 saturated heterocycles. The van der Waals surface area contributed by atoms with Crippen molar-refractivity contribution >= 4 is 0 Å². The summed E-state index contributed by atoms with van der Waals surface area (Å²) in [6.45, 7) is 2.17. The van der Waals surface area contributed by atoms with Crippen LogP contribution in [0.3, 0.4) is 0 Å². The van der Waals surface area contributed by atoms with E-state index in [4.69, 9.17) is 4.74 Å². The normalized spacial score (nSPS) is 14.5. The molecule has 1 aliphatic rings. The maximum Gasteiger partial charge on any atom is 0.119 e. The highest BCUT2D eigenvalue weighted by Gasteiger charge is 2.13. The Hall–Kier alpha value is -0.980. The van der Waals surface area contributed by atoms with Crippen LogP contribution < -0.4 is 4.74 Å². The molecule has 0 spiro atoms. The van der Waals surface area contributed by atoms with Crippen LogP contribution in [0, 0.1) is 6.92 Å². The number of methoxy groups -OCH3 is 1. The van der Waals surface area contributed by atoms with E-state index in [-0.39, 0.29) is 0 Å². The summed E-state index contributed by atoms with van der Waals surface area (Å²) in [5.41, 5.74) is 4.43.